The Morgan fingerprint density at radius 1 is 1.48 bits per heavy atom. The summed E-state index contributed by atoms with van der Waals surface area (Å²) in [6, 6.07) is 4.07. The number of carbonyl (C=O) groups is 1. The Morgan fingerprint density at radius 3 is 2.74 bits per heavy atom. The zero-order valence-electron chi connectivity index (χ0n) is 14.2. The number of carbonyl (C=O) groups excluding carboxylic acids is 1. The van der Waals surface area contributed by atoms with E-state index in [-0.39, 0.29) is 12.5 Å². The summed E-state index contributed by atoms with van der Waals surface area (Å²) in [6.07, 6.45) is 3.57. The molecule has 0 spiro atoms. The maximum Gasteiger partial charge on any atom is 0.254 e. The molecule has 2 aromatic heterocycles. The molecule has 0 bridgehead atoms. The maximum absolute atomic E-state index is 12.4. The Morgan fingerprint density at radius 2 is 2.17 bits per heavy atom. The van der Waals surface area contributed by atoms with Gasteiger partial charge in [0.1, 0.15) is 5.60 Å². The molecule has 2 N–H and O–H groups in total. The van der Waals surface area contributed by atoms with Crippen molar-refractivity contribution in [2.24, 2.45) is 0 Å². The summed E-state index contributed by atoms with van der Waals surface area (Å²) >= 11 is 1.48. The van der Waals surface area contributed by atoms with Crippen molar-refractivity contribution in [3.63, 3.8) is 0 Å². The molecule has 0 saturated carbocycles. The Labute approximate surface area is 141 Å². The highest BCUT2D eigenvalue weighted by atomic mass is 32.1. The highest BCUT2D eigenvalue weighted by molar-refractivity contribution is 7.10. The van der Waals surface area contributed by atoms with Gasteiger partial charge in [-0.25, -0.2) is 0 Å². The molecule has 0 aromatic carbocycles. The predicted octanol–water partition coefficient (Wildman–Crippen LogP) is 3.25. The zero-order chi connectivity index (χ0) is 17.0. The number of aliphatic hydroxyl groups is 1. The summed E-state index contributed by atoms with van der Waals surface area (Å²) in [7, 11) is 0. The zero-order valence-corrected chi connectivity index (χ0v) is 15.0. The molecule has 2 rings (SSSR count). The van der Waals surface area contributed by atoms with Gasteiger partial charge in [-0.15, -0.1) is 11.3 Å². The van der Waals surface area contributed by atoms with Gasteiger partial charge in [0.15, 0.2) is 0 Å². The quantitative estimate of drug-likeness (QED) is 0.816. The lowest BCUT2D eigenvalue weighted by Gasteiger charge is -2.22. The second kappa shape index (κ2) is 7.27. The lowest BCUT2D eigenvalue weighted by atomic mass is 10.1. The third-order valence-corrected chi connectivity index (χ3v) is 5.35. The van der Waals surface area contributed by atoms with E-state index in [4.69, 9.17) is 0 Å². The first-order valence-corrected chi connectivity index (χ1v) is 8.87. The average Bonchev–Trinajstić information content (AvgIpc) is 3.18. The number of aromatic nitrogens is 2. The molecule has 0 fully saturated rings. The van der Waals surface area contributed by atoms with Crippen LogP contribution in [0.25, 0.3) is 0 Å². The minimum absolute atomic E-state index is 0.169. The summed E-state index contributed by atoms with van der Waals surface area (Å²) in [6.45, 7) is 8.03. The fourth-order valence-corrected chi connectivity index (χ4v) is 3.46. The van der Waals surface area contributed by atoms with Crippen LogP contribution in [-0.2, 0) is 5.60 Å². The highest BCUT2D eigenvalue weighted by Crippen LogP contribution is 2.25. The van der Waals surface area contributed by atoms with E-state index in [1.807, 2.05) is 29.1 Å². The Balaban J connectivity index is 2.07. The van der Waals surface area contributed by atoms with Crippen molar-refractivity contribution >= 4 is 17.2 Å². The summed E-state index contributed by atoms with van der Waals surface area (Å²) in [4.78, 5) is 13.3. The second-order valence-corrected chi connectivity index (χ2v) is 6.94. The van der Waals surface area contributed by atoms with Crippen LogP contribution in [0.2, 0.25) is 0 Å². The van der Waals surface area contributed by atoms with Gasteiger partial charge >= 0.3 is 0 Å². The van der Waals surface area contributed by atoms with Crippen LogP contribution in [0.1, 0.15) is 60.6 Å². The summed E-state index contributed by atoms with van der Waals surface area (Å²) in [5.41, 5.74) is 0.370. The van der Waals surface area contributed by atoms with Crippen molar-refractivity contribution in [2.75, 3.05) is 6.54 Å². The Hall–Kier alpha value is -1.66. The summed E-state index contributed by atoms with van der Waals surface area (Å²) in [5, 5.41) is 19.6. The van der Waals surface area contributed by atoms with Gasteiger partial charge in [0.05, 0.1) is 24.3 Å². The fourth-order valence-electron chi connectivity index (χ4n) is 2.67. The highest BCUT2D eigenvalue weighted by Gasteiger charge is 2.26. The van der Waals surface area contributed by atoms with Crippen molar-refractivity contribution in [1.82, 2.24) is 15.1 Å². The number of nitrogens with one attached hydrogen (secondary N) is 1. The van der Waals surface area contributed by atoms with Gasteiger partial charge in [-0.2, -0.15) is 5.10 Å². The topological polar surface area (TPSA) is 67.2 Å². The first kappa shape index (κ1) is 17.7. The normalized spacial score (nSPS) is 14.0. The second-order valence-electron chi connectivity index (χ2n) is 5.99. The molecule has 0 saturated heterocycles. The van der Waals surface area contributed by atoms with Gasteiger partial charge in [-0.3, -0.25) is 9.48 Å². The van der Waals surface area contributed by atoms with Crippen molar-refractivity contribution < 1.29 is 9.90 Å². The number of nitrogens with zero attached hydrogens (tertiary/aromatic N) is 2. The average molecular weight is 335 g/mol. The van der Waals surface area contributed by atoms with E-state index < -0.39 is 5.60 Å². The van der Waals surface area contributed by atoms with Crippen LogP contribution < -0.4 is 5.32 Å². The molecule has 0 aliphatic heterocycles. The smallest absolute Gasteiger partial charge is 0.254 e. The molecule has 0 radical (unpaired) electrons. The third kappa shape index (κ3) is 3.82. The standard InChI is InChI=1S/C17H25N3O2S/c1-5-13(6-2)20-12(3)14(10-19-20)16(21)18-11-17(4,22)15-8-7-9-23-15/h7-10,13,22H,5-6,11H2,1-4H3,(H,18,21). The van der Waals surface area contributed by atoms with Gasteiger partial charge in [0.25, 0.3) is 5.91 Å². The van der Waals surface area contributed by atoms with E-state index in [0.717, 1.165) is 23.4 Å². The van der Waals surface area contributed by atoms with E-state index in [1.165, 1.54) is 11.3 Å². The van der Waals surface area contributed by atoms with E-state index >= 15 is 0 Å². The van der Waals surface area contributed by atoms with Gasteiger partial charge < -0.3 is 10.4 Å². The molecule has 5 nitrogen and oxygen atoms in total. The Bertz CT molecular complexity index is 643. The van der Waals surface area contributed by atoms with Crippen molar-refractivity contribution in [3.8, 4) is 0 Å². The molecule has 0 aliphatic carbocycles. The van der Waals surface area contributed by atoms with Crippen molar-refractivity contribution in [1.29, 1.82) is 0 Å². The fraction of sp³-hybridized carbons (Fsp3) is 0.529. The number of amides is 1. The molecular weight excluding hydrogens is 310 g/mol. The van der Waals surface area contributed by atoms with E-state index in [0.29, 0.717) is 11.6 Å². The lowest BCUT2D eigenvalue weighted by Crippen LogP contribution is -2.38. The molecule has 1 unspecified atom stereocenters. The molecule has 6 heteroatoms. The third-order valence-electron chi connectivity index (χ3n) is 4.22. The van der Waals surface area contributed by atoms with Crippen LogP contribution in [-0.4, -0.2) is 27.3 Å². The monoisotopic (exact) mass is 335 g/mol. The maximum atomic E-state index is 12.4. The predicted molar refractivity (Wildman–Crippen MR) is 92.8 cm³/mol. The number of rotatable bonds is 7. The molecule has 2 heterocycles. The van der Waals surface area contributed by atoms with Crippen LogP contribution >= 0.6 is 11.3 Å². The van der Waals surface area contributed by atoms with Crippen molar-refractivity contribution in [3.05, 3.63) is 39.8 Å². The first-order valence-electron chi connectivity index (χ1n) is 7.99. The van der Waals surface area contributed by atoms with Crippen LogP contribution in [0.5, 0.6) is 0 Å². The summed E-state index contributed by atoms with van der Waals surface area (Å²) < 4.78 is 1.92. The van der Waals surface area contributed by atoms with Crippen LogP contribution in [0, 0.1) is 6.92 Å². The van der Waals surface area contributed by atoms with Crippen LogP contribution in [0.3, 0.4) is 0 Å². The minimum Gasteiger partial charge on any atom is -0.383 e. The molecule has 1 amide bonds. The minimum atomic E-state index is -1.07. The molecule has 0 aliphatic rings. The van der Waals surface area contributed by atoms with Crippen LogP contribution in [0.15, 0.2) is 23.7 Å². The summed E-state index contributed by atoms with van der Waals surface area (Å²) in [5.74, 6) is -0.198. The SMILES string of the molecule is CCC(CC)n1ncc(C(=O)NCC(C)(O)c2cccs2)c1C. The van der Waals surface area contributed by atoms with Gasteiger partial charge in [-0.1, -0.05) is 19.9 Å². The van der Waals surface area contributed by atoms with Gasteiger partial charge in [0, 0.05) is 10.6 Å². The number of hydrogen-bond donors (Lipinski definition) is 2. The molecule has 126 valence electrons. The largest absolute Gasteiger partial charge is 0.383 e. The van der Waals surface area contributed by atoms with Crippen molar-refractivity contribution in [2.45, 2.75) is 52.2 Å². The number of hydrogen-bond acceptors (Lipinski definition) is 4. The first-order chi connectivity index (χ1) is 10.9. The molecular formula is C17H25N3O2S. The molecule has 2 aromatic rings. The van der Waals surface area contributed by atoms with Gasteiger partial charge in [-0.05, 0) is 38.1 Å². The molecule has 1 atom stereocenters. The lowest BCUT2D eigenvalue weighted by molar-refractivity contribution is 0.0556. The van der Waals surface area contributed by atoms with Crippen LogP contribution in [0.4, 0.5) is 0 Å². The molecule has 23 heavy (non-hydrogen) atoms. The Kier molecular flexibility index (Phi) is 5.59. The van der Waals surface area contributed by atoms with Gasteiger partial charge in [0.2, 0.25) is 0 Å². The van der Waals surface area contributed by atoms with E-state index in [2.05, 4.69) is 24.3 Å². The van der Waals surface area contributed by atoms with E-state index in [1.54, 1.807) is 13.1 Å². The number of thiophene rings is 1. The van der Waals surface area contributed by atoms with E-state index in [9.17, 15) is 9.90 Å².